The number of likely N-dealkylation sites (N-methyl/N-ethyl adjacent to an activating group) is 1. The SMILES string of the molecule is CN(CC1CC2CCC1C2)C1(CN)CCS(=O)(=O)C1. The molecule has 3 fully saturated rings. The van der Waals surface area contributed by atoms with Gasteiger partial charge in [-0.05, 0) is 50.5 Å². The second kappa shape index (κ2) is 4.71. The van der Waals surface area contributed by atoms with Crippen LogP contribution in [-0.4, -0.2) is 50.5 Å². The molecule has 1 aliphatic heterocycles. The second-order valence-corrected chi connectivity index (χ2v) is 9.27. The van der Waals surface area contributed by atoms with Crippen molar-refractivity contribution in [2.75, 3.05) is 31.6 Å². The summed E-state index contributed by atoms with van der Waals surface area (Å²) in [4.78, 5) is 2.28. The Balaban J connectivity index is 1.67. The highest BCUT2D eigenvalue weighted by Crippen LogP contribution is 2.49. The summed E-state index contributed by atoms with van der Waals surface area (Å²) in [5.74, 6) is 3.18. The van der Waals surface area contributed by atoms with E-state index in [0.717, 1.165) is 24.3 Å². The van der Waals surface area contributed by atoms with Crippen molar-refractivity contribution in [1.29, 1.82) is 0 Å². The summed E-state index contributed by atoms with van der Waals surface area (Å²) in [5.41, 5.74) is 5.64. The molecular formula is C14H26N2O2S. The minimum absolute atomic E-state index is 0.258. The predicted molar refractivity (Wildman–Crippen MR) is 76.6 cm³/mol. The largest absolute Gasteiger partial charge is 0.329 e. The number of nitrogens with two attached hydrogens (primary N) is 1. The van der Waals surface area contributed by atoms with E-state index in [9.17, 15) is 8.42 Å². The van der Waals surface area contributed by atoms with Crippen molar-refractivity contribution in [3.05, 3.63) is 0 Å². The topological polar surface area (TPSA) is 63.4 Å². The molecule has 110 valence electrons. The van der Waals surface area contributed by atoms with Crippen LogP contribution in [0.3, 0.4) is 0 Å². The first-order chi connectivity index (χ1) is 8.94. The molecule has 0 spiro atoms. The maximum Gasteiger partial charge on any atom is 0.152 e. The molecule has 0 aromatic carbocycles. The molecule has 0 aromatic heterocycles. The molecule has 3 aliphatic rings. The number of hydrogen-bond acceptors (Lipinski definition) is 4. The van der Waals surface area contributed by atoms with E-state index < -0.39 is 9.84 Å². The molecule has 0 aromatic rings. The Morgan fingerprint density at radius 3 is 2.58 bits per heavy atom. The fourth-order valence-corrected chi connectivity index (χ4v) is 6.80. The molecule has 19 heavy (non-hydrogen) atoms. The Hall–Kier alpha value is -0.130. The minimum atomic E-state index is -2.88. The van der Waals surface area contributed by atoms with Gasteiger partial charge in [0.25, 0.3) is 0 Å². The van der Waals surface area contributed by atoms with Crippen LogP contribution in [0.15, 0.2) is 0 Å². The summed E-state index contributed by atoms with van der Waals surface area (Å²) in [6.45, 7) is 1.50. The Labute approximate surface area is 116 Å². The fraction of sp³-hybridized carbons (Fsp3) is 1.00. The first-order valence-electron chi connectivity index (χ1n) is 7.56. The highest BCUT2D eigenvalue weighted by atomic mass is 32.2. The zero-order valence-corrected chi connectivity index (χ0v) is 12.7. The van der Waals surface area contributed by atoms with E-state index in [0.29, 0.717) is 18.7 Å². The molecule has 2 bridgehead atoms. The van der Waals surface area contributed by atoms with Crippen LogP contribution in [0.25, 0.3) is 0 Å². The Kier molecular flexibility index (Phi) is 3.43. The summed E-state index contributed by atoms with van der Waals surface area (Å²) in [5, 5.41) is 0. The van der Waals surface area contributed by atoms with Crippen molar-refractivity contribution in [3.63, 3.8) is 0 Å². The monoisotopic (exact) mass is 286 g/mol. The summed E-state index contributed by atoms with van der Waals surface area (Å²) in [7, 11) is -0.794. The van der Waals surface area contributed by atoms with Gasteiger partial charge in [0.05, 0.1) is 11.5 Å². The third-order valence-electron chi connectivity index (χ3n) is 5.95. The number of sulfone groups is 1. The van der Waals surface area contributed by atoms with E-state index in [1.807, 2.05) is 0 Å². The molecule has 4 unspecified atom stereocenters. The standard InChI is InChI=1S/C14H26N2O2S/c1-16(8-13-7-11-2-3-12(13)6-11)14(9-15)4-5-19(17,18)10-14/h11-13H,2-10,15H2,1H3. The lowest BCUT2D eigenvalue weighted by Crippen LogP contribution is -2.54. The van der Waals surface area contributed by atoms with Gasteiger partial charge in [-0.15, -0.1) is 0 Å². The minimum Gasteiger partial charge on any atom is -0.329 e. The van der Waals surface area contributed by atoms with E-state index in [1.54, 1.807) is 0 Å². The van der Waals surface area contributed by atoms with Gasteiger partial charge >= 0.3 is 0 Å². The zero-order valence-electron chi connectivity index (χ0n) is 11.8. The van der Waals surface area contributed by atoms with Crippen molar-refractivity contribution in [3.8, 4) is 0 Å². The summed E-state index contributed by atoms with van der Waals surface area (Å²) in [6, 6.07) is 0. The van der Waals surface area contributed by atoms with Gasteiger partial charge in [-0.2, -0.15) is 0 Å². The second-order valence-electron chi connectivity index (χ2n) is 7.09. The lowest BCUT2D eigenvalue weighted by Gasteiger charge is -2.39. The van der Waals surface area contributed by atoms with E-state index in [4.69, 9.17) is 5.73 Å². The lowest BCUT2D eigenvalue weighted by atomic mass is 9.86. The van der Waals surface area contributed by atoms with Crippen LogP contribution in [0.5, 0.6) is 0 Å². The molecule has 4 atom stereocenters. The number of nitrogens with zero attached hydrogens (tertiary/aromatic N) is 1. The van der Waals surface area contributed by atoms with Gasteiger partial charge in [-0.1, -0.05) is 6.42 Å². The summed E-state index contributed by atoms with van der Waals surface area (Å²) >= 11 is 0. The van der Waals surface area contributed by atoms with E-state index in [-0.39, 0.29) is 11.3 Å². The zero-order chi connectivity index (χ0) is 13.7. The van der Waals surface area contributed by atoms with E-state index in [2.05, 4.69) is 11.9 Å². The van der Waals surface area contributed by atoms with Crippen LogP contribution in [0, 0.1) is 17.8 Å². The lowest BCUT2D eigenvalue weighted by molar-refractivity contribution is 0.110. The molecule has 2 aliphatic carbocycles. The highest BCUT2D eigenvalue weighted by molar-refractivity contribution is 7.91. The van der Waals surface area contributed by atoms with Gasteiger partial charge in [0.2, 0.25) is 0 Å². The molecule has 0 amide bonds. The third-order valence-corrected chi connectivity index (χ3v) is 7.75. The van der Waals surface area contributed by atoms with Gasteiger partial charge in [0.1, 0.15) is 0 Å². The van der Waals surface area contributed by atoms with Gasteiger partial charge in [-0.3, -0.25) is 4.90 Å². The maximum atomic E-state index is 11.8. The van der Waals surface area contributed by atoms with Crippen molar-refractivity contribution < 1.29 is 8.42 Å². The first-order valence-corrected chi connectivity index (χ1v) is 9.38. The van der Waals surface area contributed by atoms with Crippen LogP contribution >= 0.6 is 0 Å². The molecule has 4 nitrogen and oxygen atoms in total. The maximum absolute atomic E-state index is 11.8. The average Bonchev–Trinajstić information content (AvgIpc) is 3.03. The van der Waals surface area contributed by atoms with Gasteiger partial charge in [0, 0.05) is 18.6 Å². The molecule has 2 N–H and O–H groups in total. The molecule has 5 heteroatoms. The highest BCUT2D eigenvalue weighted by Gasteiger charge is 2.46. The van der Waals surface area contributed by atoms with Crippen LogP contribution in [0.1, 0.15) is 32.1 Å². The summed E-state index contributed by atoms with van der Waals surface area (Å²) in [6.07, 6.45) is 6.27. The molecule has 0 radical (unpaired) electrons. The average molecular weight is 286 g/mol. The molecular weight excluding hydrogens is 260 g/mol. The predicted octanol–water partition coefficient (Wildman–Crippen LogP) is 0.870. The molecule has 1 saturated heterocycles. The van der Waals surface area contributed by atoms with E-state index >= 15 is 0 Å². The van der Waals surface area contributed by atoms with Gasteiger partial charge < -0.3 is 5.73 Å². The van der Waals surface area contributed by atoms with Crippen molar-refractivity contribution in [2.24, 2.45) is 23.5 Å². The Morgan fingerprint density at radius 2 is 2.11 bits per heavy atom. The van der Waals surface area contributed by atoms with Crippen molar-refractivity contribution in [1.82, 2.24) is 4.90 Å². The van der Waals surface area contributed by atoms with Crippen LogP contribution in [-0.2, 0) is 9.84 Å². The smallest absolute Gasteiger partial charge is 0.152 e. The van der Waals surface area contributed by atoms with Crippen LogP contribution < -0.4 is 5.73 Å². The van der Waals surface area contributed by atoms with Gasteiger partial charge in [0.15, 0.2) is 9.84 Å². The third kappa shape index (κ3) is 2.45. The fourth-order valence-electron chi connectivity index (χ4n) is 4.66. The Morgan fingerprint density at radius 1 is 1.32 bits per heavy atom. The summed E-state index contributed by atoms with van der Waals surface area (Å²) < 4.78 is 23.6. The molecule has 2 saturated carbocycles. The first kappa shape index (κ1) is 13.8. The number of rotatable bonds is 4. The van der Waals surface area contributed by atoms with Crippen LogP contribution in [0.2, 0.25) is 0 Å². The van der Waals surface area contributed by atoms with Crippen LogP contribution in [0.4, 0.5) is 0 Å². The molecule has 3 rings (SSSR count). The normalized spacial score (nSPS) is 44.3. The Bertz CT molecular complexity index is 450. The van der Waals surface area contributed by atoms with Crippen molar-refractivity contribution >= 4 is 9.84 Å². The molecule has 1 heterocycles. The quantitative estimate of drug-likeness (QED) is 0.833. The van der Waals surface area contributed by atoms with Crippen molar-refractivity contribution in [2.45, 2.75) is 37.6 Å². The van der Waals surface area contributed by atoms with E-state index in [1.165, 1.54) is 25.7 Å². The number of hydrogen-bond donors (Lipinski definition) is 1. The van der Waals surface area contributed by atoms with Gasteiger partial charge in [-0.25, -0.2) is 8.42 Å². The number of fused-ring (bicyclic) bond motifs is 2.